The number of benzene rings is 1. The zero-order valence-corrected chi connectivity index (χ0v) is 10.2. The van der Waals surface area contributed by atoms with Gasteiger partial charge in [-0.05, 0) is 49.1 Å². The molecule has 1 nitrogen and oxygen atoms in total. The van der Waals surface area contributed by atoms with E-state index in [-0.39, 0.29) is 0 Å². The summed E-state index contributed by atoms with van der Waals surface area (Å²) in [6.45, 7) is 2.04. The van der Waals surface area contributed by atoms with Crippen LogP contribution in [0, 0.1) is 5.92 Å². The van der Waals surface area contributed by atoms with Crippen LogP contribution in [-0.2, 0) is 6.54 Å². The molecule has 1 aromatic carbocycles. The lowest BCUT2D eigenvalue weighted by Crippen LogP contribution is -2.16. The summed E-state index contributed by atoms with van der Waals surface area (Å²) in [6, 6.07) is 5.90. The monoisotopic (exact) mass is 273 g/mol. The van der Waals surface area contributed by atoms with Crippen molar-refractivity contribution in [2.75, 3.05) is 6.54 Å². The molecule has 0 saturated heterocycles. The molecule has 0 radical (unpaired) electrons. The van der Waals surface area contributed by atoms with Crippen LogP contribution in [-0.4, -0.2) is 6.54 Å². The third-order valence-electron chi connectivity index (χ3n) is 2.45. The zero-order valence-electron chi connectivity index (χ0n) is 7.89. The van der Waals surface area contributed by atoms with E-state index in [2.05, 4.69) is 21.2 Å². The quantitative estimate of drug-likeness (QED) is 0.884. The van der Waals surface area contributed by atoms with Gasteiger partial charge in [-0.15, -0.1) is 0 Å². The highest BCUT2D eigenvalue weighted by atomic mass is 79.9. The average molecular weight is 275 g/mol. The van der Waals surface area contributed by atoms with E-state index in [0.717, 1.165) is 28.5 Å². The molecule has 1 N–H and O–H groups in total. The molecule has 0 heterocycles. The van der Waals surface area contributed by atoms with Crippen molar-refractivity contribution in [3.05, 3.63) is 33.3 Å². The molecular weight excluding hydrogens is 261 g/mol. The van der Waals surface area contributed by atoms with E-state index in [1.54, 1.807) is 0 Å². The van der Waals surface area contributed by atoms with Crippen LogP contribution in [0.3, 0.4) is 0 Å². The summed E-state index contributed by atoms with van der Waals surface area (Å²) < 4.78 is 1.13. The van der Waals surface area contributed by atoms with Crippen LogP contribution in [0.25, 0.3) is 0 Å². The molecule has 0 atom stereocenters. The summed E-state index contributed by atoms with van der Waals surface area (Å²) in [4.78, 5) is 0. The fourth-order valence-electron chi connectivity index (χ4n) is 1.41. The molecule has 1 saturated carbocycles. The van der Waals surface area contributed by atoms with Gasteiger partial charge in [0, 0.05) is 16.0 Å². The summed E-state index contributed by atoms with van der Waals surface area (Å²) in [5.41, 5.74) is 1.23. The minimum Gasteiger partial charge on any atom is -0.312 e. The smallest absolute Gasteiger partial charge is 0.0410 e. The van der Waals surface area contributed by atoms with E-state index < -0.39 is 0 Å². The van der Waals surface area contributed by atoms with E-state index in [1.165, 1.54) is 18.4 Å². The molecule has 3 heteroatoms. The molecule has 1 aliphatic carbocycles. The molecular formula is C11H13BrClN. The molecule has 0 spiro atoms. The highest BCUT2D eigenvalue weighted by molar-refractivity contribution is 9.10. The molecule has 0 bridgehead atoms. The van der Waals surface area contributed by atoms with Gasteiger partial charge in [0.05, 0.1) is 0 Å². The van der Waals surface area contributed by atoms with Crippen LogP contribution in [0.15, 0.2) is 22.7 Å². The van der Waals surface area contributed by atoms with Crippen molar-refractivity contribution in [3.63, 3.8) is 0 Å². The first-order valence-electron chi connectivity index (χ1n) is 4.90. The fraction of sp³-hybridized carbons (Fsp3) is 0.455. The normalized spacial score (nSPS) is 15.9. The first-order valence-corrected chi connectivity index (χ1v) is 6.07. The van der Waals surface area contributed by atoms with Crippen LogP contribution >= 0.6 is 27.5 Å². The van der Waals surface area contributed by atoms with Crippen molar-refractivity contribution in [1.82, 2.24) is 5.32 Å². The van der Waals surface area contributed by atoms with Crippen LogP contribution < -0.4 is 5.32 Å². The lowest BCUT2D eigenvalue weighted by Gasteiger charge is -2.06. The van der Waals surface area contributed by atoms with E-state index in [4.69, 9.17) is 11.6 Å². The standard InChI is InChI=1S/C11H13BrClN/c12-11-4-3-10(13)5-9(11)7-14-6-8-1-2-8/h3-5,8,14H,1-2,6-7H2. The van der Waals surface area contributed by atoms with Crippen LogP contribution in [0.4, 0.5) is 0 Å². The summed E-state index contributed by atoms with van der Waals surface area (Å²) in [7, 11) is 0. The minimum absolute atomic E-state index is 0.802. The van der Waals surface area contributed by atoms with Gasteiger partial charge in [-0.3, -0.25) is 0 Å². The van der Waals surface area contributed by atoms with Crippen molar-refractivity contribution in [2.45, 2.75) is 19.4 Å². The largest absolute Gasteiger partial charge is 0.312 e. The maximum absolute atomic E-state index is 5.92. The molecule has 1 aliphatic rings. The van der Waals surface area contributed by atoms with Crippen molar-refractivity contribution in [3.8, 4) is 0 Å². The summed E-state index contributed by atoms with van der Waals surface area (Å²) in [5, 5.41) is 4.25. The van der Waals surface area contributed by atoms with Gasteiger partial charge in [-0.2, -0.15) is 0 Å². The van der Waals surface area contributed by atoms with Gasteiger partial charge >= 0.3 is 0 Å². The Morgan fingerprint density at radius 2 is 2.21 bits per heavy atom. The summed E-state index contributed by atoms with van der Waals surface area (Å²) in [6.07, 6.45) is 2.79. The first-order chi connectivity index (χ1) is 6.75. The Morgan fingerprint density at radius 1 is 1.43 bits per heavy atom. The Labute approximate surface area is 98.0 Å². The van der Waals surface area contributed by atoms with Crippen molar-refractivity contribution < 1.29 is 0 Å². The maximum atomic E-state index is 5.92. The summed E-state index contributed by atoms with van der Waals surface area (Å²) in [5.74, 6) is 0.924. The maximum Gasteiger partial charge on any atom is 0.0410 e. The number of rotatable bonds is 4. The van der Waals surface area contributed by atoms with Gasteiger partial charge in [0.2, 0.25) is 0 Å². The van der Waals surface area contributed by atoms with Gasteiger partial charge in [0.1, 0.15) is 0 Å². The summed E-state index contributed by atoms with van der Waals surface area (Å²) >= 11 is 9.44. The van der Waals surface area contributed by atoms with Gasteiger partial charge in [0.15, 0.2) is 0 Å². The Hall–Kier alpha value is -0.0500. The van der Waals surface area contributed by atoms with Gasteiger partial charge in [-0.25, -0.2) is 0 Å². The SMILES string of the molecule is Clc1ccc(Br)c(CNCC2CC2)c1. The molecule has 76 valence electrons. The van der Waals surface area contributed by atoms with Gasteiger partial charge in [-0.1, -0.05) is 27.5 Å². The first kappa shape index (κ1) is 10.5. The van der Waals surface area contributed by atoms with Crippen LogP contribution in [0.1, 0.15) is 18.4 Å². The van der Waals surface area contributed by atoms with Gasteiger partial charge in [0.25, 0.3) is 0 Å². The Bertz CT molecular complexity index is 323. The van der Waals surface area contributed by atoms with E-state index in [9.17, 15) is 0 Å². The van der Waals surface area contributed by atoms with Crippen molar-refractivity contribution in [2.24, 2.45) is 5.92 Å². The zero-order chi connectivity index (χ0) is 9.97. The van der Waals surface area contributed by atoms with E-state index in [0.29, 0.717) is 0 Å². The molecule has 0 unspecified atom stereocenters. The van der Waals surface area contributed by atoms with Gasteiger partial charge < -0.3 is 5.32 Å². The number of hydrogen-bond acceptors (Lipinski definition) is 1. The van der Waals surface area contributed by atoms with Crippen LogP contribution in [0.2, 0.25) is 5.02 Å². The topological polar surface area (TPSA) is 12.0 Å². The van der Waals surface area contributed by atoms with E-state index in [1.807, 2.05) is 18.2 Å². The Morgan fingerprint density at radius 3 is 2.93 bits per heavy atom. The van der Waals surface area contributed by atoms with E-state index >= 15 is 0 Å². The Kier molecular flexibility index (Phi) is 3.47. The molecule has 1 aromatic rings. The van der Waals surface area contributed by atoms with Crippen molar-refractivity contribution in [1.29, 1.82) is 0 Å². The molecule has 2 rings (SSSR count). The highest BCUT2D eigenvalue weighted by Gasteiger charge is 2.20. The number of halogens is 2. The van der Waals surface area contributed by atoms with Crippen LogP contribution in [0.5, 0.6) is 0 Å². The third-order valence-corrected chi connectivity index (χ3v) is 3.46. The number of hydrogen-bond donors (Lipinski definition) is 1. The number of nitrogens with one attached hydrogen (secondary N) is 1. The predicted molar refractivity (Wildman–Crippen MR) is 63.6 cm³/mol. The molecule has 14 heavy (non-hydrogen) atoms. The minimum atomic E-state index is 0.802. The highest BCUT2D eigenvalue weighted by Crippen LogP contribution is 2.28. The second-order valence-corrected chi connectivity index (χ2v) is 5.10. The second-order valence-electron chi connectivity index (χ2n) is 3.81. The van der Waals surface area contributed by atoms with Crippen molar-refractivity contribution >= 4 is 27.5 Å². The lowest BCUT2D eigenvalue weighted by atomic mass is 10.2. The Balaban J connectivity index is 1.89. The third kappa shape index (κ3) is 2.97. The molecule has 0 amide bonds. The lowest BCUT2D eigenvalue weighted by molar-refractivity contribution is 0.637. The molecule has 0 aliphatic heterocycles. The predicted octanol–water partition coefficient (Wildman–Crippen LogP) is 3.60. The molecule has 1 fully saturated rings. The molecule has 0 aromatic heterocycles. The fourth-order valence-corrected chi connectivity index (χ4v) is 1.99. The second kappa shape index (κ2) is 4.65. The average Bonchev–Trinajstić information content (AvgIpc) is 2.95.